The number of carbonyl (C=O) groups excluding carboxylic acids is 2. The maximum atomic E-state index is 11.6. The zero-order valence-corrected chi connectivity index (χ0v) is 11.7. The normalized spacial score (nSPS) is 9.30. The smallest absolute Gasteiger partial charge is 0.338 e. The Balaban J connectivity index is 2.74. The Morgan fingerprint density at radius 2 is 2.15 bits per heavy atom. The van der Waals surface area contributed by atoms with Crippen LogP contribution in [0.3, 0.4) is 0 Å². The standard InChI is InChI=1S/C15H18N2O3/c1-3-20-15(19)13-7-8-14(16)12(10-13)6-4-5-9-17-11(2)18/h7-8,10H,3,5,9,16H2,1-2H3,(H,17,18). The number of rotatable bonds is 4. The van der Waals surface area contributed by atoms with Crippen molar-refractivity contribution in [2.45, 2.75) is 20.3 Å². The Kier molecular flexibility index (Phi) is 6.11. The van der Waals surface area contributed by atoms with E-state index >= 15 is 0 Å². The molecular formula is C15H18N2O3. The molecule has 3 N–H and O–H groups in total. The lowest BCUT2D eigenvalue weighted by atomic mass is 10.1. The van der Waals surface area contributed by atoms with Crippen LogP contribution in [0, 0.1) is 11.8 Å². The minimum absolute atomic E-state index is 0.0874. The molecule has 106 valence electrons. The number of amides is 1. The Morgan fingerprint density at radius 1 is 1.40 bits per heavy atom. The zero-order chi connectivity index (χ0) is 15.0. The van der Waals surface area contributed by atoms with E-state index in [0.717, 1.165) is 0 Å². The Hall–Kier alpha value is -2.48. The number of anilines is 1. The van der Waals surface area contributed by atoms with Crippen molar-refractivity contribution in [1.82, 2.24) is 5.32 Å². The van der Waals surface area contributed by atoms with Crippen LogP contribution in [0.15, 0.2) is 18.2 Å². The van der Waals surface area contributed by atoms with Gasteiger partial charge in [0, 0.05) is 31.1 Å². The van der Waals surface area contributed by atoms with Crippen molar-refractivity contribution in [3.8, 4) is 11.8 Å². The fourth-order valence-electron chi connectivity index (χ4n) is 1.46. The number of nitrogens with one attached hydrogen (secondary N) is 1. The summed E-state index contributed by atoms with van der Waals surface area (Å²) in [5, 5.41) is 2.65. The quantitative estimate of drug-likeness (QED) is 0.375. The van der Waals surface area contributed by atoms with Gasteiger partial charge in [-0.15, -0.1) is 0 Å². The number of esters is 1. The number of benzene rings is 1. The summed E-state index contributed by atoms with van der Waals surface area (Å²) >= 11 is 0. The first-order valence-corrected chi connectivity index (χ1v) is 6.34. The van der Waals surface area contributed by atoms with Gasteiger partial charge >= 0.3 is 5.97 Å². The molecule has 5 nitrogen and oxygen atoms in total. The van der Waals surface area contributed by atoms with Crippen LogP contribution in [0.4, 0.5) is 5.69 Å². The van der Waals surface area contributed by atoms with Crippen molar-refractivity contribution in [3.05, 3.63) is 29.3 Å². The molecule has 0 fully saturated rings. The molecule has 0 aromatic heterocycles. The van der Waals surface area contributed by atoms with Crippen LogP contribution < -0.4 is 11.1 Å². The van der Waals surface area contributed by atoms with E-state index in [1.165, 1.54) is 6.92 Å². The second-order valence-electron chi connectivity index (χ2n) is 4.06. The molecule has 0 saturated heterocycles. The van der Waals surface area contributed by atoms with Crippen molar-refractivity contribution in [2.24, 2.45) is 0 Å². The SMILES string of the molecule is CCOC(=O)c1ccc(N)c(C#CCCNC(C)=O)c1. The average molecular weight is 274 g/mol. The van der Waals surface area contributed by atoms with Gasteiger partial charge in [-0.25, -0.2) is 4.79 Å². The van der Waals surface area contributed by atoms with E-state index in [9.17, 15) is 9.59 Å². The van der Waals surface area contributed by atoms with Crippen LogP contribution >= 0.6 is 0 Å². The second kappa shape index (κ2) is 7.85. The molecule has 0 spiro atoms. The van der Waals surface area contributed by atoms with Gasteiger partial charge in [-0.05, 0) is 25.1 Å². The summed E-state index contributed by atoms with van der Waals surface area (Å²) in [6.07, 6.45) is 0.517. The first-order chi connectivity index (χ1) is 9.54. The van der Waals surface area contributed by atoms with Crippen molar-refractivity contribution < 1.29 is 14.3 Å². The van der Waals surface area contributed by atoms with E-state index in [1.54, 1.807) is 25.1 Å². The molecule has 1 rings (SSSR count). The van der Waals surface area contributed by atoms with Crippen molar-refractivity contribution >= 4 is 17.6 Å². The van der Waals surface area contributed by atoms with Crippen LogP contribution in [0.5, 0.6) is 0 Å². The topological polar surface area (TPSA) is 81.4 Å². The molecule has 1 amide bonds. The Morgan fingerprint density at radius 3 is 2.80 bits per heavy atom. The minimum atomic E-state index is -0.395. The largest absolute Gasteiger partial charge is 0.462 e. The van der Waals surface area contributed by atoms with Crippen molar-refractivity contribution in [1.29, 1.82) is 0 Å². The lowest BCUT2D eigenvalue weighted by Crippen LogP contribution is -2.20. The summed E-state index contributed by atoms with van der Waals surface area (Å²) in [6.45, 7) is 4.01. The lowest BCUT2D eigenvalue weighted by Gasteiger charge is -2.04. The van der Waals surface area contributed by atoms with Crippen LogP contribution in [-0.2, 0) is 9.53 Å². The summed E-state index contributed by atoms with van der Waals surface area (Å²) < 4.78 is 4.92. The first-order valence-electron chi connectivity index (χ1n) is 6.34. The summed E-state index contributed by atoms with van der Waals surface area (Å²) in [7, 11) is 0. The van der Waals surface area contributed by atoms with E-state index < -0.39 is 5.97 Å². The van der Waals surface area contributed by atoms with Gasteiger partial charge in [0.2, 0.25) is 5.91 Å². The van der Waals surface area contributed by atoms with Gasteiger partial charge in [0.1, 0.15) is 0 Å². The predicted octanol–water partition coefficient (Wildman–Crippen LogP) is 1.32. The maximum absolute atomic E-state index is 11.6. The van der Waals surface area contributed by atoms with Gasteiger partial charge in [0.05, 0.1) is 12.2 Å². The van der Waals surface area contributed by atoms with Gasteiger partial charge in [0.25, 0.3) is 0 Å². The molecule has 0 unspecified atom stereocenters. The highest BCUT2D eigenvalue weighted by Gasteiger charge is 2.07. The molecule has 1 aromatic rings. The van der Waals surface area contributed by atoms with Crippen LogP contribution in [0.2, 0.25) is 0 Å². The average Bonchev–Trinajstić information content (AvgIpc) is 2.40. The molecule has 0 saturated carbocycles. The number of nitrogen functional groups attached to an aromatic ring is 1. The van der Waals surface area contributed by atoms with Crippen molar-refractivity contribution in [2.75, 3.05) is 18.9 Å². The predicted molar refractivity (Wildman–Crippen MR) is 77.0 cm³/mol. The molecule has 0 bridgehead atoms. The summed E-state index contributed by atoms with van der Waals surface area (Å²) in [5.74, 6) is 5.31. The van der Waals surface area contributed by atoms with Crippen molar-refractivity contribution in [3.63, 3.8) is 0 Å². The third-order valence-corrected chi connectivity index (χ3v) is 2.41. The van der Waals surface area contributed by atoms with E-state index in [2.05, 4.69) is 17.2 Å². The second-order valence-corrected chi connectivity index (χ2v) is 4.06. The number of ether oxygens (including phenoxy) is 1. The fourth-order valence-corrected chi connectivity index (χ4v) is 1.46. The minimum Gasteiger partial charge on any atom is -0.462 e. The van der Waals surface area contributed by atoms with Gasteiger partial charge in [0.15, 0.2) is 0 Å². The summed E-state index contributed by atoms with van der Waals surface area (Å²) in [5.41, 5.74) is 7.31. The fraction of sp³-hybridized carbons (Fsp3) is 0.333. The van der Waals surface area contributed by atoms with Gasteiger partial charge in [-0.2, -0.15) is 0 Å². The molecular weight excluding hydrogens is 256 g/mol. The highest BCUT2D eigenvalue weighted by atomic mass is 16.5. The molecule has 0 atom stereocenters. The molecule has 0 aliphatic heterocycles. The monoisotopic (exact) mass is 274 g/mol. The first kappa shape index (κ1) is 15.6. The van der Waals surface area contributed by atoms with E-state index in [1.807, 2.05) is 0 Å². The van der Waals surface area contributed by atoms with E-state index in [-0.39, 0.29) is 5.91 Å². The summed E-state index contributed by atoms with van der Waals surface area (Å²) in [4.78, 5) is 22.3. The zero-order valence-electron chi connectivity index (χ0n) is 11.7. The van der Waals surface area contributed by atoms with E-state index in [0.29, 0.717) is 36.4 Å². The molecule has 0 aliphatic carbocycles. The van der Waals surface area contributed by atoms with E-state index in [4.69, 9.17) is 10.5 Å². The molecule has 5 heteroatoms. The van der Waals surface area contributed by atoms with Crippen LogP contribution in [0.1, 0.15) is 36.2 Å². The molecule has 0 radical (unpaired) electrons. The third-order valence-electron chi connectivity index (χ3n) is 2.41. The summed E-state index contributed by atoms with van der Waals surface area (Å²) in [6, 6.07) is 4.85. The van der Waals surface area contributed by atoms with Crippen LogP contribution in [0.25, 0.3) is 0 Å². The van der Waals surface area contributed by atoms with Gasteiger partial charge < -0.3 is 15.8 Å². The number of hydrogen-bond acceptors (Lipinski definition) is 4. The number of nitrogens with two attached hydrogens (primary N) is 1. The molecule has 20 heavy (non-hydrogen) atoms. The Bertz CT molecular complexity index is 556. The van der Waals surface area contributed by atoms with Gasteiger partial charge in [-0.1, -0.05) is 11.8 Å². The highest BCUT2D eigenvalue weighted by Crippen LogP contribution is 2.14. The van der Waals surface area contributed by atoms with Gasteiger partial charge in [-0.3, -0.25) is 4.79 Å². The molecule has 0 heterocycles. The molecule has 0 aliphatic rings. The lowest BCUT2D eigenvalue weighted by molar-refractivity contribution is -0.118. The third kappa shape index (κ3) is 5.02. The molecule has 1 aromatic carbocycles. The Labute approximate surface area is 118 Å². The number of carbonyl (C=O) groups is 2. The van der Waals surface area contributed by atoms with Crippen LogP contribution in [-0.4, -0.2) is 25.0 Å². The number of hydrogen-bond donors (Lipinski definition) is 2. The highest BCUT2D eigenvalue weighted by molar-refractivity contribution is 5.90. The maximum Gasteiger partial charge on any atom is 0.338 e.